The number of thiazole rings is 1. The Kier molecular flexibility index (Phi) is 8.29. The maximum absolute atomic E-state index is 14.0. The summed E-state index contributed by atoms with van der Waals surface area (Å²) in [5.41, 5.74) is 0.672. The minimum absolute atomic E-state index is 0.0258. The van der Waals surface area contributed by atoms with Crippen LogP contribution in [0.2, 0.25) is 0 Å². The number of carbonyl (C=O) groups excluding carboxylic acids is 1. The molecule has 0 fully saturated rings. The SMILES string of the molecule is CCOC(=O)C1=C(C)N=c2sc(=Cc3ccc(OC)c(OC)c3C(=O)O)c(=O)n2C1c1ccc(OC)cc1OC. The lowest BCUT2D eigenvalue weighted by molar-refractivity contribution is -0.139. The van der Waals surface area contributed by atoms with E-state index in [0.29, 0.717) is 27.6 Å². The van der Waals surface area contributed by atoms with E-state index in [1.807, 2.05) is 0 Å². The smallest absolute Gasteiger partial charge is 0.340 e. The van der Waals surface area contributed by atoms with Crippen LogP contribution in [-0.2, 0) is 9.53 Å². The van der Waals surface area contributed by atoms with Crippen LogP contribution in [0.4, 0.5) is 0 Å². The predicted octanol–water partition coefficient (Wildman–Crippen LogP) is 2.53. The molecule has 1 unspecified atom stereocenters. The number of aromatic nitrogens is 1. The quantitative estimate of drug-likeness (QED) is 0.386. The first kappa shape index (κ1) is 28.4. The number of methoxy groups -OCH3 is 4. The molecule has 0 saturated heterocycles. The summed E-state index contributed by atoms with van der Waals surface area (Å²) in [6, 6.07) is 7.24. The number of carbonyl (C=O) groups is 2. The predicted molar refractivity (Wildman–Crippen MR) is 146 cm³/mol. The summed E-state index contributed by atoms with van der Waals surface area (Å²) in [5, 5.41) is 9.94. The monoisotopic (exact) mass is 568 g/mol. The van der Waals surface area contributed by atoms with E-state index in [0.717, 1.165) is 11.3 Å². The number of aromatic carboxylic acids is 1. The molecule has 0 amide bonds. The zero-order valence-corrected chi connectivity index (χ0v) is 23.6. The van der Waals surface area contributed by atoms with Crippen molar-refractivity contribution >= 4 is 29.4 Å². The van der Waals surface area contributed by atoms with Gasteiger partial charge in [-0.3, -0.25) is 9.36 Å². The third kappa shape index (κ3) is 4.93. The number of rotatable bonds is 9. The van der Waals surface area contributed by atoms with Gasteiger partial charge in [0, 0.05) is 11.6 Å². The zero-order chi connectivity index (χ0) is 29.1. The van der Waals surface area contributed by atoms with Crippen LogP contribution in [0.1, 0.15) is 41.4 Å². The molecule has 4 rings (SSSR count). The van der Waals surface area contributed by atoms with E-state index in [1.165, 1.54) is 45.1 Å². The summed E-state index contributed by atoms with van der Waals surface area (Å²) < 4.78 is 28.4. The van der Waals surface area contributed by atoms with E-state index < -0.39 is 23.5 Å². The lowest BCUT2D eigenvalue weighted by Gasteiger charge is -2.26. The molecule has 0 bridgehead atoms. The van der Waals surface area contributed by atoms with E-state index in [9.17, 15) is 19.5 Å². The molecule has 210 valence electrons. The van der Waals surface area contributed by atoms with Gasteiger partial charge in [0.1, 0.15) is 23.1 Å². The minimum Gasteiger partial charge on any atom is -0.497 e. The van der Waals surface area contributed by atoms with E-state index in [4.69, 9.17) is 23.7 Å². The molecule has 2 heterocycles. The van der Waals surface area contributed by atoms with Gasteiger partial charge in [-0.15, -0.1) is 0 Å². The molecular weight excluding hydrogens is 540 g/mol. The van der Waals surface area contributed by atoms with Crippen molar-refractivity contribution in [1.29, 1.82) is 0 Å². The number of hydrogen-bond donors (Lipinski definition) is 1. The summed E-state index contributed by atoms with van der Waals surface area (Å²) >= 11 is 1.06. The molecule has 12 heteroatoms. The van der Waals surface area contributed by atoms with Gasteiger partial charge in [-0.1, -0.05) is 17.4 Å². The van der Waals surface area contributed by atoms with Crippen LogP contribution >= 0.6 is 11.3 Å². The number of carboxylic acid groups (broad SMARTS) is 1. The van der Waals surface area contributed by atoms with Crippen molar-refractivity contribution < 1.29 is 38.4 Å². The van der Waals surface area contributed by atoms with Gasteiger partial charge in [0.15, 0.2) is 16.3 Å². The molecule has 11 nitrogen and oxygen atoms in total. The van der Waals surface area contributed by atoms with Gasteiger partial charge < -0.3 is 28.8 Å². The second kappa shape index (κ2) is 11.7. The van der Waals surface area contributed by atoms with Crippen LogP contribution in [0.3, 0.4) is 0 Å². The van der Waals surface area contributed by atoms with E-state index in [2.05, 4.69) is 4.99 Å². The summed E-state index contributed by atoms with van der Waals surface area (Å²) in [5.74, 6) is -0.688. The fourth-order valence-electron chi connectivity index (χ4n) is 4.55. The minimum atomic E-state index is -1.25. The molecule has 1 aliphatic heterocycles. The molecule has 0 radical (unpaired) electrons. The molecule has 1 aliphatic rings. The average molecular weight is 569 g/mol. The zero-order valence-electron chi connectivity index (χ0n) is 22.8. The summed E-state index contributed by atoms with van der Waals surface area (Å²) in [6.45, 7) is 3.49. The van der Waals surface area contributed by atoms with Crippen LogP contribution in [-0.4, -0.2) is 56.7 Å². The van der Waals surface area contributed by atoms with Crippen molar-refractivity contribution in [2.45, 2.75) is 19.9 Å². The highest BCUT2D eigenvalue weighted by Crippen LogP contribution is 2.38. The third-order valence-electron chi connectivity index (χ3n) is 6.33. The molecule has 3 aromatic rings. The number of benzene rings is 2. The fraction of sp³-hybridized carbons (Fsp3) is 0.286. The standard InChI is InChI=1S/C28H28N2O9S/c1-7-39-27(34)21-14(2)29-28-30(23(21)17-10-9-16(35-3)13-19(17)37-5)25(31)20(40-28)12-15-8-11-18(36-4)24(38-6)22(15)26(32)33/h8-13,23H,7H2,1-6H3,(H,32,33). The number of esters is 1. The molecular formula is C28H28N2O9S. The largest absolute Gasteiger partial charge is 0.497 e. The van der Waals surface area contributed by atoms with Gasteiger partial charge in [-0.05, 0) is 43.7 Å². The summed E-state index contributed by atoms with van der Waals surface area (Å²) in [6.07, 6.45) is 1.46. The van der Waals surface area contributed by atoms with Crippen LogP contribution in [0, 0.1) is 0 Å². The molecule has 2 aromatic carbocycles. The van der Waals surface area contributed by atoms with Crippen molar-refractivity contribution in [2.75, 3.05) is 35.0 Å². The van der Waals surface area contributed by atoms with Crippen LogP contribution < -0.4 is 33.8 Å². The highest BCUT2D eigenvalue weighted by atomic mass is 32.1. The van der Waals surface area contributed by atoms with Crippen molar-refractivity contribution in [1.82, 2.24) is 4.57 Å². The van der Waals surface area contributed by atoms with Crippen LogP contribution in [0.15, 0.2) is 51.4 Å². The van der Waals surface area contributed by atoms with Gasteiger partial charge in [0.05, 0.1) is 50.8 Å². The number of allylic oxidation sites excluding steroid dienone is 1. The number of nitrogens with zero attached hydrogens (tertiary/aromatic N) is 2. The first-order valence-corrected chi connectivity index (χ1v) is 12.9. The van der Waals surface area contributed by atoms with Crippen LogP contribution in [0.25, 0.3) is 6.08 Å². The van der Waals surface area contributed by atoms with Gasteiger partial charge in [0.2, 0.25) is 0 Å². The van der Waals surface area contributed by atoms with E-state index in [-0.39, 0.29) is 39.3 Å². The van der Waals surface area contributed by atoms with Crippen LogP contribution in [0.5, 0.6) is 23.0 Å². The van der Waals surface area contributed by atoms with E-state index >= 15 is 0 Å². The number of fused-ring (bicyclic) bond motifs is 1. The number of carboxylic acids is 1. The molecule has 0 aliphatic carbocycles. The highest BCUT2D eigenvalue weighted by Gasteiger charge is 2.35. The lowest BCUT2D eigenvalue weighted by Crippen LogP contribution is -2.40. The Bertz CT molecular complexity index is 1700. The molecule has 0 spiro atoms. The van der Waals surface area contributed by atoms with E-state index in [1.54, 1.807) is 38.1 Å². The van der Waals surface area contributed by atoms with Gasteiger partial charge >= 0.3 is 11.9 Å². The second-order valence-electron chi connectivity index (χ2n) is 8.48. The summed E-state index contributed by atoms with van der Waals surface area (Å²) in [4.78, 5) is 44.2. The Hall–Kier alpha value is -4.58. The molecule has 0 saturated carbocycles. The first-order valence-electron chi connectivity index (χ1n) is 12.1. The van der Waals surface area contributed by atoms with Crippen molar-refractivity contribution in [3.63, 3.8) is 0 Å². The Morgan fingerprint density at radius 1 is 1.05 bits per heavy atom. The molecule has 1 aromatic heterocycles. The first-order chi connectivity index (χ1) is 19.2. The normalized spacial score (nSPS) is 14.8. The number of hydrogen-bond acceptors (Lipinski definition) is 10. The van der Waals surface area contributed by atoms with Crippen molar-refractivity contribution in [3.8, 4) is 23.0 Å². The van der Waals surface area contributed by atoms with Crippen molar-refractivity contribution in [3.05, 3.63) is 78.0 Å². The third-order valence-corrected chi connectivity index (χ3v) is 7.31. The average Bonchev–Trinajstić information content (AvgIpc) is 3.25. The maximum atomic E-state index is 14.0. The fourth-order valence-corrected chi connectivity index (χ4v) is 5.59. The number of ether oxygens (including phenoxy) is 5. The summed E-state index contributed by atoms with van der Waals surface area (Å²) in [7, 11) is 5.74. The molecule has 1 N–H and O–H groups in total. The highest BCUT2D eigenvalue weighted by molar-refractivity contribution is 7.07. The Balaban J connectivity index is 2.03. The lowest BCUT2D eigenvalue weighted by atomic mass is 9.95. The second-order valence-corrected chi connectivity index (χ2v) is 9.49. The molecule has 40 heavy (non-hydrogen) atoms. The topological polar surface area (TPSA) is 135 Å². The van der Waals surface area contributed by atoms with Gasteiger partial charge in [-0.25, -0.2) is 14.6 Å². The molecule has 1 atom stereocenters. The maximum Gasteiger partial charge on any atom is 0.340 e. The van der Waals surface area contributed by atoms with Gasteiger partial charge in [0.25, 0.3) is 5.56 Å². The Morgan fingerprint density at radius 3 is 2.38 bits per heavy atom. The Labute approximate surface area is 233 Å². The Morgan fingerprint density at radius 2 is 1.77 bits per heavy atom. The van der Waals surface area contributed by atoms with Gasteiger partial charge in [-0.2, -0.15) is 0 Å². The van der Waals surface area contributed by atoms with Crippen molar-refractivity contribution in [2.24, 2.45) is 4.99 Å².